The van der Waals surface area contributed by atoms with Crippen LogP contribution in [0.4, 0.5) is 4.39 Å². The number of carbonyl (C=O) groups excluding carboxylic acids is 1. The van der Waals surface area contributed by atoms with Crippen molar-refractivity contribution in [2.45, 2.75) is 18.0 Å². The Morgan fingerprint density at radius 3 is 2.32 bits per heavy atom. The van der Waals surface area contributed by atoms with Crippen LogP contribution in [0.2, 0.25) is 0 Å². The molecule has 8 nitrogen and oxygen atoms in total. The van der Waals surface area contributed by atoms with Gasteiger partial charge in [0, 0.05) is 6.54 Å². The number of methoxy groups -OCH3 is 1. The van der Waals surface area contributed by atoms with Gasteiger partial charge in [-0.25, -0.2) is 4.39 Å². The maximum absolute atomic E-state index is 13.2. The summed E-state index contributed by atoms with van der Waals surface area (Å²) in [6.45, 7) is 0.250. The average Bonchev–Trinajstić information content (AvgIpc) is 3.53. The highest BCUT2D eigenvalue weighted by Crippen LogP contribution is 2.31. The number of amides is 1. The first-order chi connectivity index (χ1) is 16.4. The van der Waals surface area contributed by atoms with Crippen molar-refractivity contribution >= 4 is 16.0 Å². The quantitative estimate of drug-likeness (QED) is 0.319. The van der Waals surface area contributed by atoms with Gasteiger partial charge in [0.25, 0.3) is 5.91 Å². The first-order valence-corrected chi connectivity index (χ1v) is 11.5. The predicted molar refractivity (Wildman–Crippen MR) is 118 cm³/mol. The lowest BCUT2D eigenvalue weighted by molar-refractivity contribution is 0.0685. The maximum atomic E-state index is 13.2. The molecule has 176 valence electrons. The van der Waals surface area contributed by atoms with Crippen LogP contribution in [0.1, 0.15) is 21.9 Å². The number of halogens is 1. The van der Waals surface area contributed by atoms with E-state index in [2.05, 4.69) is 0 Å². The molecule has 0 radical (unpaired) electrons. The van der Waals surface area contributed by atoms with Gasteiger partial charge in [0.05, 0.1) is 26.2 Å². The summed E-state index contributed by atoms with van der Waals surface area (Å²) in [6.07, 6.45) is 2.91. The largest absolute Gasteiger partial charge is 0.493 e. The van der Waals surface area contributed by atoms with Crippen molar-refractivity contribution in [1.29, 1.82) is 0 Å². The van der Waals surface area contributed by atoms with Crippen molar-refractivity contribution in [2.24, 2.45) is 0 Å². The summed E-state index contributed by atoms with van der Waals surface area (Å²) in [5.41, 5.74) is 0.566. The summed E-state index contributed by atoms with van der Waals surface area (Å²) in [7, 11) is -2.89. The normalized spacial score (nSPS) is 11.2. The lowest BCUT2D eigenvalue weighted by Gasteiger charge is -2.21. The lowest BCUT2D eigenvalue weighted by atomic mass is 10.1. The number of carbonyl (C=O) groups is 1. The number of rotatable bonds is 9. The zero-order chi connectivity index (χ0) is 24.1. The van der Waals surface area contributed by atoms with Gasteiger partial charge in [0.2, 0.25) is 0 Å². The van der Waals surface area contributed by atoms with E-state index >= 15 is 0 Å². The van der Waals surface area contributed by atoms with Crippen LogP contribution in [0, 0.1) is 5.82 Å². The Balaban J connectivity index is 1.62. The van der Waals surface area contributed by atoms with E-state index in [1.165, 1.54) is 36.7 Å². The molecule has 0 saturated heterocycles. The molecule has 0 atom stereocenters. The van der Waals surface area contributed by atoms with E-state index in [1.807, 2.05) is 0 Å². The van der Waals surface area contributed by atoms with Gasteiger partial charge in [-0.05, 0) is 66.2 Å². The van der Waals surface area contributed by atoms with Gasteiger partial charge in [-0.3, -0.25) is 4.79 Å². The van der Waals surface area contributed by atoms with Crippen LogP contribution in [0.5, 0.6) is 11.5 Å². The number of hydrogen-bond donors (Lipinski definition) is 0. The lowest BCUT2D eigenvalue weighted by Crippen LogP contribution is -2.29. The minimum absolute atomic E-state index is 0.0762. The Kier molecular flexibility index (Phi) is 6.69. The molecular weight excluding hydrogens is 465 g/mol. The van der Waals surface area contributed by atoms with E-state index in [1.54, 1.807) is 30.3 Å². The topological polar surface area (TPSA) is 99.2 Å². The van der Waals surface area contributed by atoms with E-state index in [9.17, 15) is 17.6 Å². The van der Waals surface area contributed by atoms with E-state index in [0.717, 1.165) is 24.3 Å². The molecule has 10 heteroatoms. The molecule has 0 bridgehead atoms. The van der Waals surface area contributed by atoms with Crippen molar-refractivity contribution in [3.05, 3.63) is 102 Å². The fourth-order valence-electron chi connectivity index (χ4n) is 3.22. The molecule has 0 aliphatic rings. The molecule has 2 aromatic carbocycles. The minimum atomic E-state index is -4.26. The average molecular weight is 485 g/mol. The van der Waals surface area contributed by atoms with Crippen LogP contribution in [-0.2, 0) is 23.2 Å². The van der Waals surface area contributed by atoms with Gasteiger partial charge >= 0.3 is 10.1 Å². The van der Waals surface area contributed by atoms with E-state index in [0.29, 0.717) is 11.3 Å². The highest BCUT2D eigenvalue weighted by Gasteiger charge is 2.23. The minimum Gasteiger partial charge on any atom is -0.493 e. The van der Waals surface area contributed by atoms with Gasteiger partial charge in [-0.1, -0.05) is 6.07 Å². The Labute approximate surface area is 195 Å². The molecule has 0 spiro atoms. The second kappa shape index (κ2) is 9.84. The van der Waals surface area contributed by atoms with Crippen LogP contribution in [-0.4, -0.2) is 26.3 Å². The van der Waals surface area contributed by atoms with Crippen LogP contribution in [0.3, 0.4) is 0 Å². The molecule has 0 N–H and O–H groups in total. The third kappa shape index (κ3) is 5.29. The highest BCUT2D eigenvalue weighted by molar-refractivity contribution is 7.87. The molecule has 4 rings (SSSR count). The van der Waals surface area contributed by atoms with Crippen LogP contribution >= 0.6 is 0 Å². The zero-order valence-electron chi connectivity index (χ0n) is 18.0. The summed E-state index contributed by atoms with van der Waals surface area (Å²) in [5, 5.41) is 0. The van der Waals surface area contributed by atoms with Gasteiger partial charge in [-0.2, -0.15) is 8.42 Å². The van der Waals surface area contributed by atoms with Crippen molar-refractivity contribution < 1.29 is 35.4 Å². The van der Waals surface area contributed by atoms with Gasteiger partial charge in [-0.15, -0.1) is 0 Å². The number of hydrogen-bond acceptors (Lipinski definition) is 7. The summed E-state index contributed by atoms with van der Waals surface area (Å²) in [5.74, 6) is -0.147. The van der Waals surface area contributed by atoms with Gasteiger partial charge in [0.1, 0.15) is 16.5 Å². The fourth-order valence-corrected chi connectivity index (χ4v) is 4.15. The highest BCUT2D eigenvalue weighted by atomic mass is 32.2. The van der Waals surface area contributed by atoms with Crippen molar-refractivity contribution in [1.82, 2.24) is 4.90 Å². The maximum Gasteiger partial charge on any atom is 0.339 e. The number of benzene rings is 2. The third-order valence-corrected chi connectivity index (χ3v) is 6.10. The second-order valence-electron chi connectivity index (χ2n) is 7.19. The Morgan fingerprint density at radius 2 is 1.68 bits per heavy atom. The zero-order valence-corrected chi connectivity index (χ0v) is 18.8. The van der Waals surface area contributed by atoms with Crippen molar-refractivity contribution in [3.63, 3.8) is 0 Å². The molecule has 0 aliphatic carbocycles. The second-order valence-corrected chi connectivity index (χ2v) is 8.74. The summed E-state index contributed by atoms with van der Waals surface area (Å²) in [4.78, 5) is 14.3. The standard InChI is InChI=1S/C24H20FNO7S/c1-30-21-11-6-17(14-23(21)33-34(28,29)20-9-7-18(25)8-10-20)15-26(16-19-4-2-12-31-19)24(27)22-5-3-13-32-22/h2-14H,15-16H2,1H3. The summed E-state index contributed by atoms with van der Waals surface area (Å²) >= 11 is 0. The molecule has 4 aromatic rings. The first kappa shape index (κ1) is 23.1. The van der Waals surface area contributed by atoms with Gasteiger partial charge < -0.3 is 22.7 Å². The molecule has 0 aliphatic heterocycles. The van der Waals surface area contributed by atoms with Crippen LogP contribution in [0.25, 0.3) is 0 Å². The van der Waals surface area contributed by atoms with E-state index in [4.69, 9.17) is 17.8 Å². The Bertz CT molecular complexity index is 1350. The van der Waals surface area contributed by atoms with E-state index < -0.39 is 15.9 Å². The van der Waals surface area contributed by atoms with Crippen molar-refractivity contribution in [2.75, 3.05) is 7.11 Å². The Hall–Kier alpha value is -4.05. The smallest absolute Gasteiger partial charge is 0.339 e. The third-order valence-electron chi connectivity index (χ3n) is 4.85. The molecule has 0 unspecified atom stereocenters. The number of furan rings is 2. The summed E-state index contributed by atoms with van der Waals surface area (Å²) in [6, 6.07) is 15.5. The number of ether oxygens (including phenoxy) is 1. The molecule has 1 amide bonds. The predicted octanol–water partition coefficient (Wildman–Crippen LogP) is 4.63. The molecule has 0 fully saturated rings. The number of nitrogens with zero attached hydrogens (tertiary/aromatic N) is 1. The first-order valence-electron chi connectivity index (χ1n) is 10.1. The van der Waals surface area contributed by atoms with E-state index in [-0.39, 0.29) is 41.2 Å². The fraction of sp³-hybridized carbons (Fsp3) is 0.125. The molecule has 0 saturated carbocycles. The monoisotopic (exact) mass is 485 g/mol. The Morgan fingerprint density at radius 1 is 0.941 bits per heavy atom. The molecule has 34 heavy (non-hydrogen) atoms. The summed E-state index contributed by atoms with van der Waals surface area (Å²) < 4.78 is 59.8. The molecule has 2 heterocycles. The molecule has 2 aromatic heterocycles. The van der Waals surface area contributed by atoms with Crippen LogP contribution in [0.15, 0.2) is 93.0 Å². The SMILES string of the molecule is COc1ccc(CN(Cc2ccco2)C(=O)c2ccco2)cc1OS(=O)(=O)c1ccc(F)cc1. The van der Waals surface area contributed by atoms with Crippen molar-refractivity contribution in [3.8, 4) is 11.5 Å². The molecular formula is C24H20FNO7S. The van der Waals surface area contributed by atoms with Crippen LogP contribution < -0.4 is 8.92 Å². The van der Waals surface area contributed by atoms with Gasteiger partial charge in [0.15, 0.2) is 17.3 Å².